The fourth-order valence-corrected chi connectivity index (χ4v) is 0.956. The smallest absolute Gasteiger partial charge is 0.314 e. The van der Waals surface area contributed by atoms with E-state index in [1.54, 1.807) is 6.92 Å². The van der Waals surface area contributed by atoms with Gasteiger partial charge in [0.05, 0.1) is 18.7 Å². The van der Waals surface area contributed by atoms with Gasteiger partial charge in [0.1, 0.15) is 5.82 Å². The predicted octanol–water partition coefficient (Wildman–Crippen LogP) is 1.50. The highest BCUT2D eigenvalue weighted by molar-refractivity contribution is 5.76. The van der Waals surface area contributed by atoms with Gasteiger partial charge in [-0.2, -0.15) is 0 Å². The van der Waals surface area contributed by atoms with Crippen molar-refractivity contribution in [2.24, 2.45) is 0 Å². The summed E-state index contributed by atoms with van der Waals surface area (Å²) in [5, 5.41) is 0. The highest BCUT2D eigenvalue weighted by Gasteiger charge is 2.16. The second-order valence-corrected chi connectivity index (χ2v) is 2.64. The lowest BCUT2D eigenvalue weighted by atomic mass is 10.1. The molecule has 1 atom stereocenters. The molecule has 0 spiro atoms. The number of rotatable bonds is 2. The maximum atomic E-state index is 12.7. The average Bonchev–Trinajstić information content (AvgIpc) is 2.15. The number of pyridine rings is 1. The Bertz CT molecular complexity index is 314. The zero-order valence-corrected chi connectivity index (χ0v) is 7.45. The van der Waals surface area contributed by atoms with Gasteiger partial charge >= 0.3 is 5.97 Å². The molecule has 3 nitrogen and oxygen atoms in total. The Hall–Kier alpha value is -1.45. The third-order valence-electron chi connectivity index (χ3n) is 1.74. The van der Waals surface area contributed by atoms with Gasteiger partial charge in [-0.25, -0.2) is 4.39 Å². The third-order valence-corrected chi connectivity index (χ3v) is 1.74. The number of halogens is 1. The molecule has 0 aliphatic rings. The quantitative estimate of drug-likeness (QED) is 0.652. The van der Waals surface area contributed by atoms with E-state index in [-0.39, 0.29) is 0 Å². The van der Waals surface area contributed by atoms with Gasteiger partial charge in [0.2, 0.25) is 0 Å². The summed E-state index contributed by atoms with van der Waals surface area (Å²) in [6, 6.07) is 2.45. The van der Waals surface area contributed by atoms with E-state index in [9.17, 15) is 9.18 Å². The van der Waals surface area contributed by atoms with Crippen LogP contribution in [0.5, 0.6) is 0 Å². The van der Waals surface area contributed by atoms with E-state index in [0.29, 0.717) is 5.69 Å². The van der Waals surface area contributed by atoms with Gasteiger partial charge in [0.15, 0.2) is 0 Å². The first-order chi connectivity index (χ1) is 6.15. The number of methoxy groups -OCH3 is 1. The first-order valence-corrected chi connectivity index (χ1v) is 3.84. The number of esters is 1. The summed E-state index contributed by atoms with van der Waals surface area (Å²) >= 11 is 0. The average molecular weight is 183 g/mol. The molecule has 0 N–H and O–H groups in total. The molecule has 0 radical (unpaired) electrons. The Morgan fingerprint density at radius 3 is 2.92 bits per heavy atom. The summed E-state index contributed by atoms with van der Waals surface area (Å²) in [6.45, 7) is 1.62. The van der Waals surface area contributed by atoms with Crippen molar-refractivity contribution < 1.29 is 13.9 Å². The van der Waals surface area contributed by atoms with Gasteiger partial charge in [-0.1, -0.05) is 0 Å². The summed E-state index contributed by atoms with van der Waals surface area (Å²) in [5.41, 5.74) is 0.381. The zero-order chi connectivity index (χ0) is 9.84. The molecule has 70 valence electrons. The summed E-state index contributed by atoms with van der Waals surface area (Å²) in [6.07, 6.45) is 1.32. The van der Waals surface area contributed by atoms with Crippen LogP contribution in [-0.4, -0.2) is 18.1 Å². The Balaban J connectivity index is 2.88. The molecule has 0 fully saturated rings. The number of carbonyl (C=O) groups is 1. The molecule has 1 aromatic rings. The SMILES string of the molecule is COC(=O)C(C)c1cc(F)ccn1. The van der Waals surface area contributed by atoms with E-state index < -0.39 is 17.7 Å². The van der Waals surface area contributed by atoms with Crippen molar-refractivity contribution in [1.82, 2.24) is 4.98 Å². The lowest BCUT2D eigenvalue weighted by molar-refractivity contribution is -0.142. The van der Waals surface area contributed by atoms with Crippen LogP contribution in [0.2, 0.25) is 0 Å². The van der Waals surface area contributed by atoms with Crippen LogP contribution in [-0.2, 0) is 9.53 Å². The zero-order valence-electron chi connectivity index (χ0n) is 7.45. The molecule has 0 aromatic carbocycles. The van der Waals surface area contributed by atoms with Gasteiger partial charge in [-0.3, -0.25) is 9.78 Å². The number of carbonyl (C=O) groups excluding carboxylic acids is 1. The van der Waals surface area contributed by atoms with Crippen molar-refractivity contribution in [3.63, 3.8) is 0 Å². The second kappa shape index (κ2) is 3.98. The molecule has 0 aliphatic heterocycles. The molecule has 1 heterocycles. The highest BCUT2D eigenvalue weighted by atomic mass is 19.1. The lowest BCUT2D eigenvalue weighted by Crippen LogP contribution is -2.12. The van der Waals surface area contributed by atoms with Crippen LogP contribution in [0.4, 0.5) is 4.39 Å². The van der Waals surface area contributed by atoms with Crippen LogP contribution < -0.4 is 0 Å². The van der Waals surface area contributed by atoms with Crippen molar-refractivity contribution in [2.75, 3.05) is 7.11 Å². The van der Waals surface area contributed by atoms with Crippen molar-refractivity contribution in [2.45, 2.75) is 12.8 Å². The molecular formula is C9H10FNO2. The van der Waals surface area contributed by atoms with Crippen molar-refractivity contribution in [1.29, 1.82) is 0 Å². The summed E-state index contributed by atoms with van der Waals surface area (Å²) in [7, 11) is 1.29. The molecule has 1 rings (SSSR count). The Kier molecular flexibility index (Phi) is 2.95. The summed E-state index contributed by atoms with van der Waals surface area (Å²) in [5.74, 6) is -1.35. The Morgan fingerprint density at radius 1 is 1.69 bits per heavy atom. The van der Waals surface area contributed by atoms with Crippen LogP contribution in [0, 0.1) is 5.82 Å². The molecule has 0 saturated heterocycles. The fraction of sp³-hybridized carbons (Fsp3) is 0.333. The summed E-state index contributed by atoms with van der Waals surface area (Å²) < 4.78 is 17.2. The molecule has 0 saturated carbocycles. The van der Waals surface area contributed by atoms with E-state index in [4.69, 9.17) is 0 Å². The van der Waals surface area contributed by atoms with Crippen LogP contribution in [0.15, 0.2) is 18.3 Å². The van der Waals surface area contributed by atoms with Gasteiger partial charge < -0.3 is 4.74 Å². The molecule has 0 bridgehead atoms. The highest BCUT2D eigenvalue weighted by Crippen LogP contribution is 2.14. The number of ether oxygens (including phenoxy) is 1. The minimum atomic E-state index is -0.527. The second-order valence-electron chi connectivity index (χ2n) is 2.64. The van der Waals surface area contributed by atoms with Crippen molar-refractivity contribution in [3.8, 4) is 0 Å². The molecular weight excluding hydrogens is 173 g/mol. The summed E-state index contributed by atoms with van der Waals surface area (Å²) in [4.78, 5) is 14.9. The van der Waals surface area contributed by atoms with Crippen LogP contribution in [0.1, 0.15) is 18.5 Å². The molecule has 1 unspecified atom stereocenters. The van der Waals surface area contributed by atoms with Gasteiger partial charge in [-0.15, -0.1) is 0 Å². The number of nitrogens with zero attached hydrogens (tertiary/aromatic N) is 1. The minimum Gasteiger partial charge on any atom is -0.469 e. The standard InChI is InChI=1S/C9H10FNO2/c1-6(9(12)13-2)8-5-7(10)3-4-11-8/h3-6H,1-2H3. The first kappa shape index (κ1) is 9.64. The Labute approximate surface area is 75.6 Å². The van der Waals surface area contributed by atoms with Crippen LogP contribution in [0.25, 0.3) is 0 Å². The number of hydrogen-bond donors (Lipinski definition) is 0. The largest absolute Gasteiger partial charge is 0.469 e. The van der Waals surface area contributed by atoms with E-state index in [2.05, 4.69) is 9.72 Å². The maximum absolute atomic E-state index is 12.7. The van der Waals surface area contributed by atoms with Crippen LogP contribution >= 0.6 is 0 Å². The molecule has 13 heavy (non-hydrogen) atoms. The van der Waals surface area contributed by atoms with Crippen molar-refractivity contribution >= 4 is 5.97 Å². The van der Waals surface area contributed by atoms with Crippen molar-refractivity contribution in [3.05, 3.63) is 29.8 Å². The minimum absolute atomic E-state index is 0.381. The monoisotopic (exact) mass is 183 g/mol. The fourth-order valence-electron chi connectivity index (χ4n) is 0.956. The third kappa shape index (κ3) is 2.24. The van der Waals surface area contributed by atoms with E-state index in [1.807, 2.05) is 0 Å². The molecule has 4 heteroatoms. The molecule has 0 aliphatic carbocycles. The van der Waals surface area contributed by atoms with Gasteiger partial charge in [-0.05, 0) is 19.1 Å². The lowest BCUT2D eigenvalue weighted by Gasteiger charge is -2.07. The van der Waals surface area contributed by atoms with E-state index in [0.717, 1.165) is 0 Å². The normalized spacial score (nSPS) is 12.2. The molecule has 1 aromatic heterocycles. The number of aromatic nitrogens is 1. The van der Waals surface area contributed by atoms with Gasteiger partial charge in [0, 0.05) is 6.20 Å². The van der Waals surface area contributed by atoms with Gasteiger partial charge in [0.25, 0.3) is 0 Å². The van der Waals surface area contributed by atoms with E-state index >= 15 is 0 Å². The van der Waals surface area contributed by atoms with Crippen LogP contribution in [0.3, 0.4) is 0 Å². The van der Waals surface area contributed by atoms with E-state index in [1.165, 1.54) is 25.4 Å². The topological polar surface area (TPSA) is 39.2 Å². The first-order valence-electron chi connectivity index (χ1n) is 3.84. The number of hydrogen-bond acceptors (Lipinski definition) is 3. The molecule has 0 amide bonds. The Morgan fingerprint density at radius 2 is 2.38 bits per heavy atom. The maximum Gasteiger partial charge on any atom is 0.314 e. The predicted molar refractivity (Wildman–Crippen MR) is 44.6 cm³/mol.